The first-order valence-electron chi connectivity index (χ1n) is 7.51. The Morgan fingerprint density at radius 3 is 2.95 bits per heavy atom. The quantitative estimate of drug-likeness (QED) is 0.890. The molecule has 4 nitrogen and oxygen atoms in total. The molecule has 0 bridgehead atoms. The lowest BCUT2D eigenvalue weighted by molar-refractivity contribution is -0.122. The number of benzene rings is 1. The average Bonchev–Trinajstić information content (AvgIpc) is 2.51. The Kier molecular flexibility index (Phi) is 3.64. The van der Waals surface area contributed by atoms with E-state index in [-0.39, 0.29) is 5.91 Å². The van der Waals surface area contributed by atoms with Crippen molar-refractivity contribution in [2.24, 2.45) is 0 Å². The Labute approximate surface area is 125 Å². The first-order chi connectivity index (χ1) is 10.1. The summed E-state index contributed by atoms with van der Waals surface area (Å²) in [5, 5.41) is 7.42. The smallest absolute Gasteiger partial charge is 0.244 e. The van der Waals surface area contributed by atoms with Crippen molar-refractivity contribution in [3.05, 3.63) is 36.0 Å². The van der Waals surface area contributed by atoms with Crippen molar-refractivity contribution in [1.82, 2.24) is 10.3 Å². The molecule has 0 spiro atoms. The number of carbonyl (C=O) groups is 1. The number of aromatic nitrogens is 1. The van der Waals surface area contributed by atoms with Gasteiger partial charge in [0.1, 0.15) is 0 Å². The number of nitrogens with zero attached hydrogens (tertiary/aromatic N) is 1. The standard InChI is InChI=1S/C17H21N3O/c1-12-7-8-14(13-6-5-10-18-15(12)13)20-16(21)17(2)9-3-4-11-19-17/h5-8,10,19H,3-4,9,11H2,1-2H3,(H,20,21). The lowest BCUT2D eigenvalue weighted by atomic mass is 9.90. The number of aryl methyl sites for hydroxylation is 1. The van der Waals surface area contributed by atoms with Gasteiger partial charge in [-0.2, -0.15) is 0 Å². The van der Waals surface area contributed by atoms with Crippen molar-refractivity contribution in [2.45, 2.75) is 38.6 Å². The Hall–Kier alpha value is -1.94. The van der Waals surface area contributed by atoms with E-state index in [1.165, 1.54) is 0 Å². The van der Waals surface area contributed by atoms with Crippen LogP contribution < -0.4 is 10.6 Å². The molecule has 1 saturated heterocycles. The molecule has 1 aliphatic rings. The van der Waals surface area contributed by atoms with Crippen LogP contribution >= 0.6 is 0 Å². The van der Waals surface area contributed by atoms with Crippen LogP contribution in [-0.2, 0) is 4.79 Å². The van der Waals surface area contributed by atoms with Crippen LogP contribution in [0.25, 0.3) is 10.9 Å². The summed E-state index contributed by atoms with van der Waals surface area (Å²) in [7, 11) is 0. The monoisotopic (exact) mass is 283 g/mol. The molecule has 21 heavy (non-hydrogen) atoms. The van der Waals surface area contributed by atoms with Gasteiger partial charge >= 0.3 is 0 Å². The number of pyridine rings is 1. The Balaban J connectivity index is 1.91. The number of rotatable bonds is 2. The molecule has 2 heterocycles. The predicted molar refractivity (Wildman–Crippen MR) is 85.4 cm³/mol. The van der Waals surface area contributed by atoms with E-state index in [9.17, 15) is 4.79 Å². The summed E-state index contributed by atoms with van der Waals surface area (Å²) in [6, 6.07) is 7.87. The van der Waals surface area contributed by atoms with E-state index in [2.05, 4.69) is 15.6 Å². The van der Waals surface area contributed by atoms with Crippen LogP contribution in [0.2, 0.25) is 0 Å². The van der Waals surface area contributed by atoms with Gasteiger partial charge in [-0.25, -0.2) is 0 Å². The van der Waals surface area contributed by atoms with Crippen molar-refractivity contribution >= 4 is 22.5 Å². The molecule has 3 rings (SSSR count). The van der Waals surface area contributed by atoms with Gasteiger partial charge in [-0.15, -0.1) is 0 Å². The van der Waals surface area contributed by atoms with E-state index in [4.69, 9.17) is 0 Å². The van der Waals surface area contributed by atoms with E-state index >= 15 is 0 Å². The fourth-order valence-corrected chi connectivity index (χ4v) is 2.93. The summed E-state index contributed by atoms with van der Waals surface area (Å²) in [6.45, 7) is 4.92. The molecule has 2 aromatic rings. The minimum Gasteiger partial charge on any atom is -0.324 e. The number of nitrogens with one attached hydrogen (secondary N) is 2. The van der Waals surface area contributed by atoms with Crippen LogP contribution in [-0.4, -0.2) is 23.0 Å². The van der Waals surface area contributed by atoms with Gasteiger partial charge in [0, 0.05) is 11.6 Å². The van der Waals surface area contributed by atoms with Crippen LogP contribution in [0.3, 0.4) is 0 Å². The Bertz CT molecular complexity index is 675. The Morgan fingerprint density at radius 1 is 1.33 bits per heavy atom. The molecule has 1 amide bonds. The predicted octanol–water partition coefficient (Wildman–Crippen LogP) is 3.01. The second-order valence-electron chi connectivity index (χ2n) is 6.00. The van der Waals surface area contributed by atoms with Crippen molar-refractivity contribution in [3.63, 3.8) is 0 Å². The topological polar surface area (TPSA) is 54.0 Å². The van der Waals surface area contributed by atoms with Gasteiger partial charge in [-0.1, -0.05) is 6.07 Å². The molecular weight excluding hydrogens is 262 g/mol. The van der Waals surface area contributed by atoms with Crippen LogP contribution in [0.5, 0.6) is 0 Å². The molecule has 110 valence electrons. The van der Waals surface area contributed by atoms with E-state index in [0.29, 0.717) is 0 Å². The number of carbonyl (C=O) groups excluding carboxylic acids is 1. The number of hydrogen-bond donors (Lipinski definition) is 2. The number of anilines is 1. The third-order valence-corrected chi connectivity index (χ3v) is 4.34. The lowest BCUT2D eigenvalue weighted by Crippen LogP contribution is -2.54. The molecule has 1 aromatic heterocycles. The summed E-state index contributed by atoms with van der Waals surface area (Å²) in [4.78, 5) is 17.0. The largest absolute Gasteiger partial charge is 0.324 e. The second kappa shape index (κ2) is 5.45. The molecule has 1 atom stereocenters. The van der Waals surface area contributed by atoms with Gasteiger partial charge in [0.2, 0.25) is 5.91 Å². The molecule has 0 aliphatic carbocycles. The van der Waals surface area contributed by atoms with Crippen molar-refractivity contribution in [3.8, 4) is 0 Å². The summed E-state index contributed by atoms with van der Waals surface area (Å²) in [5.41, 5.74) is 2.42. The van der Waals surface area contributed by atoms with Gasteiger partial charge in [-0.05, 0) is 63.4 Å². The average molecular weight is 283 g/mol. The summed E-state index contributed by atoms with van der Waals surface area (Å²) in [6.07, 6.45) is 4.89. The highest BCUT2D eigenvalue weighted by molar-refractivity contribution is 6.05. The number of fused-ring (bicyclic) bond motifs is 1. The van der Waals surface area contributed by atoms with E-state index < -0.39 is 5.54 Å². The maximum atomic E-state index is 12.6. The van der Waals surface area contributed by atoms with Gasteiger partial charge in [0.05, 0.1) is 16.7 Å². The lowest BCUT2D eigenvalue weighted by Gasteiger charge is -2.33. The molecule has 2 N–H and O–H groups in total. The summed E-state index contributed by atoms with van der Waals surface area (Å²) < 4.78 is 0. The highest BCUT2D eigenvalue weighted by Crippen LogP contribution is 2.27. The molecule has 1 unspecified atom stereocenters. The van der Waals surface area contributed by atoms with Gasteiger partial charge in [0.25, 0.3) is 0 Å². The third-order valence-electron chi connectivity index (χ3n) is 4.34. The van der Waals surface area contributed by atoms with E-state index in [1.54, 1.807) is 6.20 Å². The van der Waals surface area contributed by atoms with Crippen molar-refractivity contribution in [1.29, 1.82) is 0 Å². The number of piperidine rings is 1. The zero-order valence-electron chi connectivity index (χ0n) is 12.6. The summed E-state index contributed by atoms with van der Waals surface area (Å²) in [5.74, 6) is 0.0382. The molecule has 1 fully saturated rings. The zero-order valence-corrected chi connectivity index (χ0v) is 12.6. The SMILES string of the molecule is Cc1ccc(NC(=O)C2(C)CCCCN2)c2cccnc12. The van der Waals surface area contributed by atoms with Crippen LogP contribution in [0, 0.1) is 6.92 Å². The summed E-state index contributed by atoms with van der Waals surface area (Å²) >= 11 is 0. The zero-order chi connectivity index (χ0) is 14.9. The number of hydrogen-bond acceptors (Lipinski definition) is 3. The normalized spacial score (nSPS) is 22.2. The van der Waals surface area contributed by atoms with Crippen LogP contribution in [0.15, 0.2) is 30.5 Å². The van der Waals surface area contributed by atoms with Crippen molar-refractivity contribution in [2.75, 3.05) is 11.9 Å². The van der Waals surface area contributed by atoms with Crippen molar-refractivity contribution < 1.29 is 4.79 Å². The van der Waals surface area contributed by atoms with E-state index in [0.717, 1.165) is 48.0 Å². The van der Waals surface area contributed by atoms with Crippen LogP contribution in [0.4, 0.5) is 5.69 Å². The van der Waals surface area contributed by atoms with Crippen LogP contribution in [0.1, 0.15) is 31.7 Å². The first kappa shape index (κ1) is 14.0. The minimum absolute atomic E-state index is 0.0382. The highest BCUT2D eigenvalue weighted by atomic mass is 16.2. The highest BCUT2D eigenvalue weighted by Gasteiger charge is 2.34. The first-order valence-corrected chi connectivity index (χ1v) is 7.51. The van der Waals surface area contributed by atoms with Gasteiger partial charge in [0.15, 0.2) is 0 Å². The van der Waals surface area contributed by atoms with Gasteiger partial charge in [-0.3, -0.25) is 9.78 Å². The van der Waals surface area contributed by atoms with E-state index in [1.807, 2.05) is 38.1 Å². The fraction of sp³-hybridized carbons (Fsp3) is 0.412. The molecule has 0 saturated carbocycles. The van der Waals surface area contributed by atoms with Gasteiger partial charge < -0.3 is 10.6 Å². The maximum Gasteiger partial charge on any atom is 0.244 e. The molecule has 1 aromatic carbocycles. The molecule has 1 aliphatic heterocycles. The minimum atomic E-state index is -0.475. The fourth-order valence-electron chi connectivity index (χ4n) is 2.93. The molecule has 0 radical (unpaired) electrons. The third kappa shape index (κ3) is 2.63. The second-order valence-corrected chi connectivity index (χ2v) is 6.00. The molecular formula is C17H21N3O. The molecule has 4 heteroatoms. The number of amides is 1. The Morgan fingerprint density at radius 2 is 2.19 bits per heavy atom. The maximum absolute atomic E-state index is 12.6.